The first-order chi connectivity index (χ1) is 8.76. The number of hydrogen-bond donors (Lipinski definition) is 0. The number of nitrogens with zero attached hydrogens (tertiary/aromatic N) is 3. The number of aromatic nitrogens is 3. The maximum atomic E-state index is 6.21. The van der Waals surface area contributed by atoms with E-state index in [1.165, 1.54) is 0 Å². The quantitative estimate of drug-likeness (QED) is 0.786. The molecule has 0 aliphatic rings. The second kappa shape index (κ2) is 6.21. The predicted octanol–water partition coefficient (Wildman–Crippen LogP) is 3.52. The average Bonchev–Trinajstić information content (AvgIpc) is 2.84. The maximum Gasteiger partial charge on any atom is 0.138 e. The van der Waals surface area contributed by atoms with Gasteiger partial charge < -0.3 is 0 Å². The van der Waals surface area contributed by atoms with Crippen LogP contribution in [0.5, 0.6) is 0 Å². The lowest BCUT2D eigenvalue weighted by Crippen LogP contribution is -2.11. The molecule has 96 valence electrons. The molecule has 0 N–H and O–H groups in total. The number of benzene rings is 1. The number of aryl methyl sites for hydroxylation is 1. The van der Waals surface area contributed by atoms with Gasteiger partial charge in [0.15, 0.2) is 0 Å². The molecular formula is C13H15Cl2N3. The van der Waals surface area contributed by atoms with Crippen LogP contribution in [-0.4, -0.2) is 20.6 Å². The summed E-state index contributed by atoms with van der Waals surface area (Å²) in [5, 5.41) is 4.92. The molecule has 0 saturated carbocycles. The number of hydrogen-bond acceptors (Lipinski definition) is 2. The number of rotatable bonds is 5. The summed E-state index contributed by atoms with van der Waals surface area (Å²) in [6.07, 6.45) is 2.33. The molecule has 1 unspecified atom stereocenters. The van der Waals surface area contributed by atoms with Crippen LogP contribution in [0.1, 0.15) is 24.2 Å². The third kappa shape index (κ3) is 2.85. The van der Waals surface area contributed by atoms with E-state index in [4.69, 9.17) is 23.2 Å². The van der Waals surface area contributed by atoms with E-state index in [0.29, 0.717) is 5.88 Å². The molecule has 0 aliphatic carbocycles. The lowest BCUT2D eigenvalue weighted by molar-refractivity contribution is 0.590. The Morgan fingerprint density at radius 3 is 2.78 bits per heavy atom. The van der Waals surface area contributed by atoms with Crippen molar-refractivity contribution < 1.29 is 0 Å². The Morgan fingerprint density at radius 2 is 2.11 bits per heavy atom. The van der Waals surface area contributed by atoms with Crippen molar-refractivity contribution in [2.24, 2.45) is 0 Å². The largest absolute Gasteiger partial charge is 0.250 e. The number of halogens is 2. The summed E-state index contributed by atoms with van der Waals surface area (Å²) in [6, 6.07) is 7.81. The molecule has 18 heavy (non-hydrogen) atoms. The van der Waals surface area contributed by atoms with Gasteiger partial charge in [0.25, 0.3) is 0 Å². The SMILES string of the molecule is CCn1ncnc1CC(CCl)c1ccccc1Cl. The molecule has 1 aromatic carbocycles. The van der Waals surface area contributed by atoms with Crippen molar-refractivity contribution in [2.75, 3.05) is 5.88 Å². The van der Waals surface area contributed by atoms with E-state index in [-0.39, 0.29) is 5.92 Å². The van der Waals surface area contributed by atoms with Crippen molar-refractivity contribution in [1.29, 1.82) is 0 Å². The van der Waals surface area contributed by atoms with Crippen molar-refractivity contribution in [3.63, 3.8) is 0 Å². The van der Waals surface area contributed by atoms with E-state index in [1.807, 2.05) is 35.9 Å². The van der Waals surface area contributed by atoms with Gasteiger partial charge >= 0.3 is 0 Å². The lowest BCUT2D eigenvalue weighted by atomic mass is 9.97. The van der Waals surface area contributed by atoms with Gasteiger partial charge in [-0.3, -0.25) is 4.68 Å². The summed E-state index contributed by atoms with van der Waals surface area (Å²) >= 11 is 12.3. The summed E-state index contributed by atoms with van der Waals surface area (Å²) in [4.78, 5) is 4.28. The van der Waals surface area contributed by atoms with Crippen LogP contribution in [-0.2, 0) is 13.0 Å². The highest BCUT2D eigenvalue weighted by molar-refractivity contribution is 6.31. The van der Waals surface area contributed by atoms with Crippen LogP contribution in [0.15, 0.2) is 30.6 Å². The van der Waals surface area contributed by atoms with Gasteiger partial charge in [0, 0.05) is 29.8 Å². The molecule has 0 bridgehead atoms. The van der Waals surface area contributed by atoms with Crippen molar-refractivity contribution >= 4 is 23.2 Å². The molecule has 0 radical (unpaired) electrons. The fourth-order valence-electron chi connectivity index (χ4n) is 1.98. The van der Waals surface area contributed by atoms with Crippen LogP contribution in [0.2, 0.25) is 5.02 Å². The van der Waals surface area contributed by atoms with Crippen LogP contribution in [0.4, 0.5) is 0 Å². The second-order valence-electron chi connectivity index (χ2n) is 4.07. The molecule has 5 heteroatoms. The third-order valence-corrected chi connectivity index (χ3v) is 3.67. The summed E-state index contributed by atoms with van der Waals surface area (Å²) in [5.74, 6) is 1.62. The molecule has 0 fully saturated rings. The molecule has 2 aromatic rings. The average molecular weight is 284 g/mol. The Labute approximate surface area is 117 Å². The highest BCUT2D eigenvalue weighted by Crippen LogP contribution is 2.27. The Kier molecular flexibility index (Phi) is 4.61. The molecule has 0 amide bonds. The first-order valence-corrected chi connectivity index (χ1v) is 6.84. The van der Waals surface area contributed by atoms with E-state index in [0.717, 1.165) is 29.4 Å². The monoisotopic (exact) mass is 283 g/mol. The first kappa shape index (κ1) is 13.4. The Bertz CT molecular complexity index is 510. The topological polar surface area (TPSA) is 30.7 Å². The Balaban J connectivity index is 2.23. The second-order valence-corrected chi connectivity index (χ2v) is 4.78. The van der Waals surface area contributed by atoms with Gasteiger partial charge in [-0.05, 0) is 18.6 Å². The molecule has 1 aromatic heterocycles. The van der Waals surface area contributed by atoms with Crippen molar-refractivity contribution in [2.45, 2.75) is 25.8 Å². The standard InChI is InChI=1S/C13H15Cl2N3/c1-2-18-13(16-9-17-18)7-10(8-14)11-5-3-4-6-12(11)15/h3-6,9-10H,2,7-8H2,1H3. The molecule has 0 aliphatic heterocycles. The summed E-state index contributed by atoms with van der Waals surface area (Å²) < 4.78 is 1.89. The van der Waals surface area contributed by atoms with Gasteiger partial charge in [-0.1, -0.05) is 29.8 Å². The summed E-state index contributed by atoms with van der Waals surface area (Å²) in [6.45, 7) is 2.86. The minimum atomic E-state index is 0.162. The van der Waals surface area contributed by atoms with Crippen molar-refractivity contribution in [3.8, 4) is 0 Å². The third-order valence-electron chi connectivity index (χ3n) is 2.96. The predicted molar refractivity (Wildman–Crippen MR) is 74.3 cm³/mol. The fraction of sp³-hybridized carbons (Fsp3) is 0.385. The Hall–Kier alpha value is -1.06. The van der Waals surface area contributed by atoms with Crippen LogP contribution < -0.4 is 0 Å². The minimum Gasteiger partial charge on any atom is -0.250 e. The summed E-state index contributed by atoms with van der Waals surface area (Å²) in [5.41, 5.74) is 1.07. The maximum absolute atomic E-state index is 6.21. The Morgan fingerprint density at radius 1 is 1.33 bits per heavy atom. The normalized spacial score (nSPS) is 12.6. The molecule has 1 atom stereocenters. The fourth-order valence-corrected chi connectivity index (χ4v) is 2.55. The highest BCUT2D eigenvalue weighted by Gasteiger charge is 2.17. The van der Waals surface area contributed by atoms with E-state index >= 15 is 0 Å². The van der Waals surface area contributed by atoms with Crippen LogP contribution in [0.3, 0.4) is 0 Å². The zero-order chi connectivity index (χ0) is 13.0. The molecule has 1 heterocycles. The van der Waals surface area contributed by atoms with Crippen LogP contribution in [0, 0.1) is 0 Å². The van der Waals surface area contributed by atoms with E-state index in [2.05, 4.69) is 10.1 Å². The lowest BCUT2D eigenvalue weighted by Gasteiger charge is -2.15. The zero-order valence-electron chi connectivity index (χ0n) is 10.2. The van der Waals surface area contributed by atoms with Gasteiger partial charge in [0.05, 0.1) is 0 Å². The molecule has 2 rings (SSSR count). The minimum absolute atomic E-state index is 0.162. The van der Waals surface area contributed by atoms with Gasteiger partial charge in [-0.2, -0.15) is 5.10 Å². The zero-order valence-corrected chi connectivity index (χ0v) is 11.7. The van der Waals surface area contributed by atoms with Crippen LogP contribution in [0.25, 0.3) is 0 Å². The van der Waals surface area contributed by atoms with Gasteiger partial charge in [0.1, 0.15) is 12.2 Å². The first-order valence-electron chi connectivity index (χ1n) is 5.93. The van der Waals surface area contributed by atoms with Gasteiger partial charge in [-0.15, -0.1) is 11.6 Å². The molecular weight excluding hydrogens is 269 g/mol. The van der Waals surface area contributed by atoms with Gasteiger partial charge in [0.2, 0.25) is 0 Å². The van der Waals surface area contributed by atoms with E-state index < -0.39 is 0 Å². The van der Waals surface area contributed by atoms with E-state index in [9.17, 15) is 0 Å². The van der Waals surface area contributed by atoms with Gasteiger partial charge in [-0.25, -0.2) is 4.98 Å². The smallest absolute Gasteiger partial charge is 0.138 e. The highest BCUT2D eigenvalue weighted by atomic mass is 35.5. The van der Waals surface area contributed by atoms with E-state index in [1.54, 1.807) is 6.33 Å². The number of alkyl halides is 1. The molecule has 3 nitrogen and oxygen atoms in total. The molecule has 0 saturated heterocycles. The van der Waals surface area contributed by atoms with Crippen molar-refractivity contribution in [1.82, 2.24) is 14.8 Å². The summed E-state index contributed by atoms with van der Waals surface area (Å²) in [7, 11) is 0. The molecule has 0 spiro atoms. The van der Waals surface area contributed by atoms with Crippen LogP contribution >= 0.6 is 23.2 Å². The van der Waals surface area contributed by atoms with Crippen molar-refractivity contribution in [3.05, 3.63) is 47.0 Å².